The third-order valence-corrected chi connectivity index (χ3v) is 2.41. The molecule has 0 fully saturated rings. The van der Waals surface area contributed by atoms with E-state index < -0.39 is 23.3 Å². The molecule has 0 spiro atoms. The molecule has 0 aliphatic carbocycles. The Morgan fingerprint density at radius 3 is 2.60 bits per heavy atom. The quantitative estimate of drug-likeness (QED) is 0.435. The molecule has 0 heterocycles. The molecule has 0 radical (unpaired) electrons. The van der Waals surface area contributed by atoms with Crippen molar-refractivity contribution in [2.75, 3.05) is 18.0 Å². The fraction of sp³-hybridized carbons (Fsp3) is 0.167. The molecule has 0 atom stereocenters. The summed E-state index contributed by atoms with van der Waals surface area (Å²) in [5.41, 5.74) is 4.83. The van der Waals surface area contributed by atoms with Crippen molar-refractivity contribution in [1.29, 1.82) is 0 Å². The molecule has 1 rings (SSSR count). The summed E-state index contributed by atoms with van der Waals surface area (Å²) in [7, 11) is 0. The molecular weight excluding hydrogens is 266 g/mol. The molecule has 0 aliphatic heterocycles. The Kier molecular flexibility index (Phi) is 4.64. The molecular formula is C12H11N3O5. The Hall–Kier alpha value is -3.08. The number of benzene rings is 1. The highest BCUT2D eigenvalue weighted by Gasteiger charge is 2.20. The highest BCUT2D eigenvalue weighted by molar-refractivity contribution is 6.00. The number of terminal acetylenes is 1. The van der Waals surface area contributed by atoms with Crippen LogP contribution in [-0.4, -0.2) is 35.0 Å². The summed E-state index contributed by atoms with van der Waals surface area (Å²) in [6.45, 7) is -0.535. The van der Waals surface area contributed by atoms with Crippen molar-refractivity contribution in [2.24, 2.45) is 5.73 Å². The van der Waals surface area contributed by atoms with Gasteiger partial charge in [0.1, 0.15) is 6.54 Å². The number of nitrogens with zero attached hydrogens (tertiary/aromatic N) is 2. The summed E-state index contributed by atoms with van der Waals surface area (Å²) in [4.78, 5) is 33.4. The number of nitro groups is 1. The number of carboxylic acids is 1. The summed E-state index contributed by atoms with van der Waals surface area (Å²) >= 11 is 0. The van der Waals surface area contributed by atoms with E-state index in [9.17, 15) is 19.7 Å². The lowest BCUT2D eigenvalue weighted by Gasteiger charge is -2.22. The van der Waals surface area contributed by atoms with Crippen molar-refractivity contribution in [3.8, 4) is 12.3 Å². The van der Waals surface area contributed by atoms with Gasteiger partial charge in [0.2, 0.25) is 0 Å². The van der Waals surface area contributed by atoms with Crippen LogP contribution in [0.4, 0.5) is 11.4 Å². The minimum absolute atomic E-state index is 0.0790. The van der Waals surface area contributed by atoms with Crippen LogP contribution in [0.25, 0.3) is 0 Å². The number of rotatable bonds is 6. The summed E-state index contributed by atoms with van der Waals surface area (Å²) in [6, 6.07) is 3.38. The number of hydrogen-bond acceptors (Lipinski definition) is 5. The van der Waals surface area contributed by atoms with E-state index in [4.69, 9.17) is 17.3 Å². The van der Waals surface area contributed by atoms with Crippen molar-refractivity contribution in [3.63, 3.8) is 0 Å². The normalized spacial score (nSPS) is 9.55. The average Bonchev–Trinajstić information content (AvgIpc) is 2.36. The molecule has 0 unspecified atom stereocenters. The maximum atomic E-state index is 11.4. The minimum atomic E-state index is -1.16. The van der Waals surface area contributed by atoms with Crippen LogP contribution in [0.15, 0.2) is 18.2 Å². The molecule has 20 heavy (non-hydrogen) atoms. The monoisotopic (exact) mass is 277 g/mol. The largest absolute Gasteiger partial charge is 0.480 e. The Labute approximate surface area is 113 Å². The maximum absolute atomic E-state index is 11.4. The van der Waals surface area contributed by atoms with Crippen molar-refractivity contribution in [3.05, 3.63) is 33.9 Å². The van der Waals surface area contributed by atoms with Crippen LogP contribution in [0.5, 0.6) is 0 Å². The van der Waals surface area contributed by atoms with E-state index in [1.165, 1.54) is 11.0 Å². The number of nitro benzene ring substituents is 1. The van der Waals surface area contributed by atoms with Crippen LogP contribution in [0, 0.1) is 22.5 Å². The van der Waals surface area contributed by atoms with E-state index in [1.54, 1.807) is 0 Å². The summed E-state index contributed by atoms with van der Waals surface area (Å²) < 4.78 is 0. The first kappa shape index (κ1) is 15.0. The third-order valence-electron chi connectivity index (χ3n) is 2.41. The summed E-state index contributed by atoms with van der Waals surface area (Å²) in [6.07, 6.45) is 5.14. The van der Waals surface area contributed by atoms with E-state index in [1.807, 2.05) is 0 Å². The predicted octanol–water partition coefficient (Wildman–Crippen LogP) is 0.218. The average molecular weight is 277 g/mol. The molecule has 3 N–H and O–H groups in total. The molecule has 0 aliphatic rings. The Morgan fingerprint density at radius 2 is 2.15 bits per heavy atom. The number of carboxylic acid groups (broad SMARTS) is 1. The van der Waals surface area contributed by atoms with Crippen LogP contribution in [0.3, 0.4) is 0 Å². The zero-order chi connectivity index (χ0) is 15.3. The van der Waals surface area contributed by atoms with Gasteiger partial charge in [0.15, 0.2) is 0 Å². The Bertz CT molecular complexity index is 606. The second-order valence-electron chi connectivity index (χ2n) is 3.78. The van der Waals surface area contributed by atoms with E-state index in [2.05, 4.69) is 5.92 Å². The summed E-state index contributed by atoms with van der Waals surface area (Å²) in [5, 5.41) is 19.5. The number of primary amides is 1. The van der Waals surface area contributed by atoms with Gasteiger partial charge in [0.25, 0.3) is 11.6 Å². The number of nitrogens with two attached hydrogens (primary N) is 1. The Morgan fingerprint density at radius 1 is 1.50 bits per heavy atom. The lowest BCUT2D eigenvalue weighted by Crippen LogP contribution is -2.32. The van der Waals surface area contributed by atoms with Crippen LogP contribution in [0.1, 0.15) is 10.4 Å². The van der Waals surface area contributed by atoms with Gasteiger partial charge >= 0.3 is 5.97 Å². The highest BCUT2D eigenvalue weighted by atomic mass is 16.6. The molecule has 8 nitrogen and oxygen atoms in total. The second kappa shape index (κ2) is 6.19. The molecule has 0 saturated heterocycles. The van der Waals surface area contributed by atoms with E-state index >= 15 is 0 Å². The number of aliphatic carboxylic acids is 1. The lowest BCUT2D eigenvalue weighted by molar-refractivity contribution is -0.384. The van der Waals surface area contributed by atoms with E-state index in [-0.39, 0.29) is 23.5 Å². The molecule has 8 heteroatoms. The van der Waals surface area contributed by atoms with Gasteiger partial charge in [0.05, 0.1) is 22.7 Å². The van der Waals surface area contributed by atoms with E-state index in [0.717, 1.165) is 12.1 Å². The number of amides is 1. The van der Waals surface area contributed by atoms with Crippen molar-refractivity contribution in [2.45, 2.75) is 0 Å². The number of carbonyl (C=O) groups excluding carboxylic acids is 1. The van der Waals surface area contributed by atoms with Crippen LogP contribution in [-0.2, 0) is 4.79 Å². The first-order chi connectivity index (χ1) is 9.36. The zero-order valence-corrected chi connectivity index (χ0v) is 10.3. The molecule has 1 amide bonds. The minimum Gasteiger partial charge on any atom is -0.480 e. The Balaban J connectivity index is 3.33. The van der Waals surface area contributed by atoms with Crippen LogP contribution in [0.2, 0.25) is 0 Å². The number of carbonyl (C=O) groups is 2. The van der Waals surface area contributed by atoms with Gasteiger partial charge in [-0.2, -0.15) is 0 Å². The second-order valence-corrected chi connectivity index (χ2v) is 3.78. The predicted molar refractivity (Wildman–Crippen MR) is 70.3 cm³/mol. The lowest BCUT2D eigenvalue weighted by atomic mass is 10.1. The van der Waals surface area contributed by atoms with Gasteiger partial charge in [-0.25, -0.2) is 0 Å². The van der Waals surface area contributed by atoms with Gasteiger partial charge in [0, 0.05) is 12.1 Å². The highest BCUT2D eigenvalue weighted by Crippen LogP contribution is 2.25. The number of hydrogen-bond donors (Lipinski definition) is 2. The van der Waals surface area contributed by atoms with Crippen molar-refractivity contribution < 1.29 is 19.6 Å². The third kappa shape index (κ3) is 3.46. The van der Waals surface area contributed by atoms with Gasteiger partial charge < -0.3 is 15.7 Å². The molecule has 1 aromatic rings. The first-order valence-electron chi connectivity index (χ1n) is 5.35. The van der Waals surface area contributed by atoms with Gasteiger partial charge in [-0.3, -0.25) is 19.7 Å². The SMILES string of the molecule is C#CCN(CC(=O)O)c1ccc([N+](=O)[O-])cc1C(N)=O. The fourth-order valence-corrected chi connectivity index (χ4v) is 1.61. The first-order valence-corrected chi connectivity index (χ1v) is 5.35. The van der Waals surface area contributed by atoms with Gasteiger partial charge in [-0.15, -0.1) is 6.42 Å². The maximum Gasteiger partial charge on any atom is 0.323 e. The van der Waals surface area contributed by atoms with Crippen molar-refractivity contribution >= 4 is 23.3 Å². The number of non-ortho nitro benzene ring substituents is 1. The smallest absolute Gasteiger partial charge is 0.323 e. The summed E-state index contributed by atoms with van der Waals surface area (Å²) in [5.74, 6) is 0.187. The zero-order valence-electron chi connectivity index (χ0n) is 10.3. The van der Waals surface area contributed by atoms with Gasteiger partial charge in [-0.05, 0) is 6.07 Å². The molecule has 0 aromatic heterocycles. The van der Waals surface area contributed by atoms with Crippen molar-refractivity contribution in [1.82, 2.24) is 0 Å². The number of anilines is 1. The fourth-order valence-electron chi connectivity index (χ4n) is 1.61. The molecule has 0 saturated carbocycles. The van der Waals surface area contributed by atoms with E-state index in [0.29, 0.717) is 0 Å². The molecule has 1 aromatic carbocycles. The topological polar surface area (TPSA) is 127 Å². The van der Waals surface area contributed by atoms with Crippen LogP contribution < -0.4 is 10.6 Å². The van der Waals surface area contributed by atoms with Gasteiger partial charge in [-0.1, -0.05) is 5.92 Å². The van der Waals surface area contributed by atoms with Crippen LogP contribution >= 0.6 is 0 Å². The molecule has 0 bridgehead atoms. The molecule has 104 valence electrons. The standard InChI is InChI=1S/C12H11N3O5/c1-2-5-14(7-11(16)17)10-4-3-8(15(19)20)6-9(10)12(13)18/h1,3-4,6H,5,7H2,(H2,13,18)(H,16,17).